The van der Waals surface area contributed by atoms with Crippen LogP contribution in [0, 0.1) is 3.57 Å². The molecular weight excluding hydrogens is 408 g/mol. The number of halogens is 4. The van der Waals surface area contributed by atoms with Gasteiger partial charge in [-0.25, -0.2) is 0 Å². The third-order valence-electron chi connectivity index (χ3n) is 4.07. The predicted molar refractivity (Wildman–Crippen MR) is 85.6 cm³/mol. The molecule has 0 bridgehead atoms. The fraction of sp³-hybridized carbons (Fsp3) is 0.400. The van der Waals surface area contributed by atoms with Crippen molar-refractivity contribution in [1.82, 2.24) is 9.47 Å². The van der Waals surface area contributed by atoms with Crippen LogP contribution in [0.2, 0.25) is 0 Å². The molecule has 0 spiro atoms. The van der Waals surface area contributed by atoms with Crippen molar-refractivity contribution >= 4 is 39.4 Å². The van der Waals surface area contributed by atoms with Crippen LogP contribution in [0.25, 0.3) is 10.9 Å². The lowest BCUT2D eigenvalue weighted by molar-refractivity contribution is -0.186. The summed E-state index contributed by atoms with van der Waals surface area (Å²) in [6.07, 6.45) is -1.72. The monoisotopic (exact) mass is 422 g/mol. The summed E-state index contributed by atoms with van der Waals surface area (Å²) in [4.78, 5) is 12.2. The normalized spacial score (nSPS) is 17.2. The first kappa shape index (κ1) is 15.6. The van der Waals surface area contributed by atoms with Gasteiger partial charge in [0, 0.05) is 39.8 Å². The van der Waals surface area contributed by atoms with Crippen molar-refractivity contribution in [3.05, 3.63) is 34.0 Å². The molecule has 1 saturated heterocycles. The molecule has 0 radical (unpaired) electrons. The highest BCUT2D eigenvalue weighted by atomic mass is 127. The molecule has 1 fully saturated rings. The minimum absolute atomic E-state index is 0.134. The molecule has 3 nitrogen and oxygen atoms in total. The third kappa shape index (κ3) is 2.95. The van der Waals surface area contributed by atoms with Gasteiger partial charge in [-0.2, -0.15) is 13.2 Å². The Labute approximate surface area is 139 Å². The number of fused-ring (bicyclic) bond motifs is 1. The maximum Gasteiger partial charge on any atom is 0.471 e. The minimum atomic E-state index is -4.77. The summed E-state index contributed by atoms with van der Waals surface area (Å²) in [7, 11) is 0. The molecule has 7 heteroatoms. The second kappa shape index (κ2) is 5.75. The Morgan fingerprint density at radius 1 is 1.18 bits per heavy atom. The van der Waals surface area contributed by atoms with Crippen molar-refractivity contribution in [1.29, 1.82) is 0 Å². The van der Waals surface area contributed by atoms with E-state index in [0.717, 1.165) is 19.4 Å². The second-order valence-electron chi connectivity index (χ2n) is 5.45. The van der Waals surface area contributed by atoms with Gasteiger partial charge in [-0.15, -0.1) is 0 Å². The average molecular weight is 422 g/mol. The number of benzene rings is 1. The zero-order chi connectivity index (χ0) is 15.9. The number of carbonyl (C=O) groups is 1. The molecule has 1 aliphatic rings. The molecule has 22 heavy (non-hydrogen) atoms. The maximum atomic E-state index is 12.5. The Kier molecular flexibility index (Phi) is 4.09. The average Bonchev–Trinajstić information content (AvgIpc) is 2.88. The van der Waals surface area contributed by atoms with E-state index >= 15 is 0 Å². The summed E-state index contributed by atoms with van der Waals surface area (Å²) in [5.41, 5.74) is 1.08. The van der Waals surface area contributed by atoms with E-state index in [1.807, 2.05) is 24.4 Å². The van der Waals surface area contributed by atoms with Crippen LogP contribution in [-0.4, -0.2) is 34.6 Å². The zero-order valence-corrected chi connectivity index (χ0v) is 13.8. The molecule has 2 aromatic rings. The lowest BCUT2D eigenvalue weighted by Gasteiger charge is -2.33. The number of piperidine rings is 1. The second-order valence-corrected chi connectivity index (χ2v) is 6.69. The van der Waals surface area contributed by atoms with Gasteiger partial charge in [0.1, 0.15) is 0 Å². The van der Waals surface area contributed by atoms with E-state index in [1.54, 1.807) is 0 Å². The number of amides is 1. The smallest absolute Gasteiger partial charge is 0.344 e. The molecule has 2 heterocycles. The van der Waals surface area contributed by atoms with Crippen LogP contribution >= 0.6 is 22.6 Å². The number of nitrogens with zero attached hydrogens (tertiary/aromatic N) is 2. The number of likely N-dealkylation sites (tertiary alicyclic amines) is 1. The number of alkyl halides is 3. The summed E-state index contributed by atoms with van der Waals surface area (Å²) >= 11 is 2.25. The molecule has 1 amide bonds. The largest absolute Gasteiger partial charge is 0.471 e. The Morgan fingerprint density at radius 3 is 2.50 bits per heavy atom. The van der Waals surface area contributed by atoms with Gasteiger partial charge >= 0.3 is 12.1 Å². The van der Waals surface area contributed by atoms with Crippen molar-refractivity contribution in [3.8, 4) is 0 Å². The number of hydrogen-bond donors (Lipinski definition) is 0. The van der Waals surface area contributed by atoms with E-state index in [9.17, 15) is 18.0 Å². The van der Waals surface area contributed by atoms with Crippen LogP contribution in [0.3, 0.4) is 0 Å². The molecule has 118 valence electrons. The van der Waals surface area contributed by atoms with Crippen molar-refractivity contribution in [2.75, 3.05) is 13.1 Å². The molecule has 3 rings (SSSR count). The van der Waals surface area contributed by atoms with E-state index in [2.05, 4.69) is 33.2 Å². The highest BCUT2D eigenvalue weighted by Gasteiger charge is 2.43. The summed E-state index contributed by atoms with van der Waals surface area (Å²) in [5.74, 6) is -1.72. The van der Waals surface area contributed by atoms with Crippen LogP contribution < -0.4 is 0 Å². The summed E-state index contributed by atoms with van der Waals surface area (Å²) in [5, 5.41) is 1.13. The lowest BCUT2D eigenvalue weighted by Crippen LogP contribution is -2.45. The number of rotatable bonds is 1. The highest BCUT2D eigenvalue weighted by molar-refractivity contribution is 14.1. The third-order valence-corrected chi connectivity index (χ3v) is 4.74. The van der Waals surface area contributed by atoms with Gasteiger partial charge in [-0.05, 0) is 59.7 Å². The topological polar surface area (TPSA) is 25.2 Å². The van der Waals surface area contributed by atoms with Crippen molar-refractivity contribution in [3.63, 3.8) is 0 Å². The molecule has 0 unspecified atom stereocenters. The Bertz CT molecular complexity index is 702. The van der Waals surface area contributed by atoms with Crippen LogP contribution in [-0.2, 0) is 4.79 Å². The number of carbonyl (C=O) groups excluding carboxylic acids is 1. The van der Waals surface area contributed by atoms with Crippen LogP contribution in [0.15, 0.2) is 30.5 Å². The zero-order valence-electron chi connectivity index (χ0n) is 11.6. The summed E-state index contributed by atoms with van der Waals surface area (Å²) < 4.78 is 40.6. The van der Waals surface area contributed by atoms with Crippen LogP contribution in [0.1, 0.15) is 18.9 Å². The molecule has 0 N–H and O–H groups in total. The number of hydrogen-bond acceptors (Lipinski definition) is 1. The Morgan fingerprint density at radius 2 is 1.86 bits per heavy atom. The standard InChI is InChI=1S/C15H14F3IN2O/c16-15(17,18)14(22)20-6-4-12(5-7-20)21-8-3-10-9-11(19)1-2-13(10)21/h1-3,8-9,12H,4-7H2. The lowest BCUT2D eigenvalue weighted by atomic mass is 10.0. The van der Waals surface area contributed by atoms with Crippen molar-refractivity contribution in [2.24, 2.45) is 0 Å². The first-order valence-corrected chi connectivity index (χ1v) is 8.06. The maximum absolute atomic E-state index is 12.5. The van der Waals surface area contributed by atoms with E-state index in [1.165, 1.54) is 0 Å². The summed E-state index contributed by atoms with van der Waals surface area (Å²) in [6.45, 7) is 0.292. The van der Waals surface area contributed by atoms with Gasteiger partial charge in [0.2, 0.25) is 0 Å². The first-order chi connectivity index (χ1) is 10.4. The molecule has 1 aliphatic heterocycles. The van der Waals surface area contributed by atoms with Gasteiger partial charge in [-0.3, -0.25) is 4.79 Å². The van der Waals surface area contributed by atoms with Crippen LogP contribution in [0.5, 0.6) is 0 Å². The van der Waals surface area contributed by atoms with Gasteiger partial charge < -0.3 is 9.47 Å². The SMILES string of the molecule is O=C(N1CCC(n2ccc3cc(I)ccc32)CC1)C(F)(F)F. The van der Waals surface area contributed by atoms with E-state index in [-0.39, 0.29) is 19.1 Å². The molecular formula is C15H14F3IN2O. The molecule has 0 saturated carbocycles. The predicted octanol–water partition coefficient (Wildman–Crippen LogP) is 3.97. The van der Waals surface area contributed by atoms with Gasteiger partial charge in [-0.1, -0.05) is 0 Å². The highest BCUT2D eigenvalue weighted by Crippen LogP contribution is 2.30. The molecule has 0 atom stereocenters. The van der Waals surface area contributed by atoms with E-state index in [0.29, 0.717) is 12.8 Å². The van der Waals surface area contributed by atoms with Crippen molar-refractivity contribution < 1.29 is 18.0 Å². The molecule has 1 aromatic heterocycles. The number of aromatic nitrogens is 1. The summed E-state index contributed by atoms with van der Waals surface area (Å²) in [6, 6.07) is 8.28. The first-order valence-electron chi connectivity index (χ1n) is 6.98. The minimum Gasteiger partial charge on any atom is -0.344 e. The Hall–Kier alpha value is -1.25. The molecule has 1 aromatic carbocycles. The van der Waals surface area contributed by atoms with Crippen LogP contribution in [0.4, 0.5) is 13.2 Å². The molecule has 0 aliphatic carbocycles. The fourth-order valence-electron chi connectivity index (χ4n) is 2.98. The van der Waals surface area contributed by atoms with E-state index < -0.39 is 12.1 Å². The quantitative estimate of drug-likeness (QED) is 0.639. The Balaban J connectivity index is 1.74. The van der Waals surface area contributed by atoms with Crippen molar-refractivity contribution in [2.45, 2.75) is 25.1 Å². The van der Waals surface area contributed by atoms with E-state index in [4.69, 9.17) is 0 Å². The van der Waals surface area contributed by atoms with Gasteiger partial charge in [0.15, 0.2) is 0 Å². The fourth-order valence-corrected chi connectivity index (χ4v) is 3.50. The van der Waals surface area contributed by atoms with Gasteiger partial charge in [0.25, 0.3) is 0 Å². The van der Waals surface area contributed by atoms with Gasteiger partial charge in [0.05, 0.1) is 0 Å².